The van der Waals surface area contributed by atoms with Gasteiger partial charge in [0.1, 0.15) is 6.61 Å². The molecule has 1 aliphatic heterocycles. The Balaban J connectivity index is 1.41. The summed E-state index contributed by atoms with van der Waals surface area (Å²) in [6.45, 7) is 2.31. The molecule has 3 N–H and O–H groups in total. The number of anilines is 1. The Kier molecular flexibility index (Phi) is 6.43. The lowest BCUT2D eigenvalue weighted by Crippen LogP contribution is -2.38. The first-order valence-electron chi connectivity index (χ1n) is 9.13. The van der Waals surface area contributed by atoms with Crippen LogP contribution in [-0.2, 0) is 16.1 Å². The number of guanidine groups is 1. The number of carbonyl (C=O) groups excluding carboxylic acids is 1. The number of benzene rings is 1. The Hall–Kier alpha value is -2.87. The van der Waals surface area contributed by atoms with Gasteiger partial charge >= 0.3 is 5.97 Å². The first kappa shape index (κ1) is 18.9. The van der Waals surface area contributed by atoms with Gasteiger partial charge in [0.2, 0.25) is 0 Å². The maximum atomic E-state index is 12.1. The summed E-state index contributed by atoms with van der Waals surface area (Å²) in [5.41, 5.74) is 1.79. The average Bonchev–Trinajstić information content (AvgIpc) is 3.16. The van der Waals surface area contributed by atoms with Gasteiger partial charge in [0, 0.05) is 26.3 Å². The number of rotatable bonds is 6. The van der Waals surface area contributed by atoms with Crippen LogP contribution in [0.3, 0.4) is 0 Å². The third-order valence-corrected chi connectivity index (χ3v) is 4.65. The van der Waals surface area contributed by atoms with E-state index in [-0.39, 0.29) is 11.9 Å². The van der Waals surface area contributed by atoms with Gasteiger partial charge in [-0.3, -0.25) is 19.8 Å². The van der Waals surface area contributed by atoms with E-state index < -0.39 is 0 Å². The van der Waals surface area contributed by atoms with Crippen molar-refractivity contribution in [2.75, 3.05) is 32.0 Å². The summed E-state index contributed by atoms with van der Waals surface area (Å²) < 4.78 is 7.30. The molecule has 1 aromatic heterocycles. The van der Waals surface area contributed by atoms with Crippen molar-refractivity contribution in [1.29, 1.82) is 5.41 Å². The zero-order valence-electron chi connectivity index (χ0n) is 15.5. The van der Waals surface area contributed by atoms with Crippen LogP contribution >= 0.6 is 0 Å². The second-order valence-corrected chi connectivity index (χ2v) is 6.61. The molecule has 1 saturated heterocycles. The third-order valence-electron chi connectivity index (χ3n) is 4.65. The zero-order chi connectivity index (χ0) is 19.1. The molecular weight excluding hydrogens is 344 g/mol. The number of carbonyl (C=O) groups is 1. The van der Waals surface area contributed by atoms with E-state index in [4.69, 9.17) is 10.1 Å². The minimum absolute atomic E-state index is 0.187. The Morgan fingerprint density at radius 2 is 2.04 bits per heavy atom. The van der Waals surface area contributed by atoms with Gasteiger partial charge in [0.05, 0.1) is 24.5 Å². The monoisotopic (exact) mass is 370 g/mol. The number of ether oxygens (including phenoxy) is 1. The summed E-state index contributed by atoms with van der Waals surface area (Å²) >= 11 is 0. The second-order valence-electron chi connectivity index (χ2n) is 6.61. The number of aromatic nitrogens is 2. The van der Waals surface area contributed by atoms with Crippen LogP contribution in [-0.4, -0.2) is 53.3 Å². The summed E-state index contributed by atoms with van der Waals surface area (Å²) in [4.78, 5) is 14.2. The highest BCUT2D eigenvalue weighted by atomic mass is 16.5. The van der Waals surface area contributed by atoms with E-state index in [0.29, 0.717) is 19.2 Å². The standard InChI is InChI=1S/C19H26N6O2/c1-21-19(20)23-16-11-22-25(12-16)17-7-9-24(10-8-17)13-18(26)27-14-15-5-3-2-4-6-15/h2-6,11-12,17H,7-10,13-14H2,1H3,(H3,20,21,23). The lowest BCUT2D eigenvalue weighted by Gasteiger charge is -2.31. The van der Waals surface area contributed by atoms with Crippen molar-refractivity contribution in [3.63, 3.8) is 0 Å². The molecule has 1 aliphatic rings. The topological polar surface area (TPSA) is 95.3 Å². The normalized spacial score (nSPS) is 15.3. The molecule has 0 atom stereocenters. The highest BCUT2D eigenvalue weighted by Gasteiger charge is 2.23. The smallest absolute Gasteiger partial charge is 0.320 e. The van der Waals surface area contributed by atoms with Gasteiger partial charge in [-0.1, -0.05) is 30.3 Å². The summed E-state index contributed by atoms with van der Waals surface area (Å²) in [5, 5.41) is 17.7. The summed E-state index contributed by atoms with van der Waals surface area (Å²) in [6, 6.07) is 10.0. The molecule has 0 unspecified atom stereocenters. The molecule has 0 spiro atoms. The Bertz CT molecular complexity index is 753. The Morgan fingerprint density at radius 1 is 1.30 bits per heavy atom. The molecule has 144 valence electrons. The largest absolute Gasteiger partial charge is 0.460 e. The molecular formula is C19H26N6O2. The van der Waals surface area contributed by atoms with Crippen LogP contribution in [0.15, 0.2) is 42.7 Å². The van der Waals surface area contributed by atoms with Crippen LogP contribution in [0.1, 0.15) is 24.4 Å². The first-order valence-corrected chi connectivity index (χ1v) is 9.13. The average molecular weight is 370 g/mol. The molecule has 0 bridgehead atoms. The number of hydrogen-bond donors (Lipinski definition) is 3. The molecule has 0 saturated carbocycles. The quantitative estimate of drug-likeness (QED) is 0.408. The zero-order valence-corrected chi connectivity index (χ0v) is 15.5. The number of esters is 1. The predicted molar refractivity (Wildman–Crippen MR) is 104 cm³/mol. The van der Waals surface area contributed by atoms with E-state index in [2.05, 4.69) is 20.6 Å². The first-order chi connectivity index (χ1) is 13.1. The molecule has 1 fully saturated rings. The van der Waals surface area contributed by atoms with E-state index in [0.717, 1.165) is 37.2 Å². The second kappa shape index (κ2) is 9.18. The summed E-state index contributed by atoms with van der Waals surface area (Å²) in [6.07, 6.45) is 5.49. The van der Waals surface area contributed by atoms with Gasteiger partial charge in [-0.15, -0.1) is 0 Å². The molecule has 8 heteroatoms. The molecule has 0 aliphatic carbocycles. The van der Waals surface area contributed by atoms with Gasteiger partial charge in [-0.05, 0) is 18.4 Å². The fraction of sp³-hybridized carbons (Fsp3) is 0.421. The van der Waals surface area contributed by atoms with Crippen molar-refractivity contribution in [3.05, 3.63) is 48.3 Å². The Morgan fingerprint density at radius 3 is 2.74 bits per heavy atom. The van der Waals surface area contributed by atoms with Gasteiger partial charge in [-0.2, -0.15) is 5.10 Å². The lowest BCUT2D eigenvalue weighted by molar-refractivity contribution is -0.146. The molecule has 27 heavy (non-hydrogen) atoms. The summed E-state index contributed by atoms with van der Waals surface area (Å²) in [5.74, 6) is 0.0480. The van der Waals surface area contributed by atoms with Gasteiger partial charge < -0.3 is 15.4 Å². The molecule has 8 nitrogen and oxygen atoms in total. The van der Waals surface area contributed by atoms with Crippen molar-refractivity contribution in [3.8, 4) is 0 Å². The SMILES string of the molecule is CNC(=N)Nc1cnn(C2CCN(CC(=O)OCc3ccccc3)CC2)c1. The van der Waals surface area contributed by atoms with Crippen molar-refractivity contribution in [1.82, 2.24) is 20.0 Å². The predicted octanol–water partition coefficient (Wildman–Crippen LogP) is 1.83. The van der Waals surface area contributed by atoms with E-state index in [9.17, 15) is 4.79 Å². The molecule has 2 aromatic rings. The van der Waals surface area contributed by atoms with Crippen LogP contribution in [0.2, 0.25) is 0 Å². The van der Waals surface area contributed by atoms with E-state index in [1.54, 1.807) is 13.2 Å². The fourth-order valence-electron chi connectivity index (χ4n) is 3.12. The minimum atomic E-state index is -0.187. The van der Waals surface area contributed by atoms with Crippen LogP contribution < -0.4 is 10.6 Å². The number of hydrogen-bond acceptors (Lipinski definition) is 5. The highest BCUT2D eigenvalue weighted by Crippen LogP contribution is 2.23. The molecule has 1 aromatic carbocycles. The van der Waals surface area contributed by atoms with E-state index in [1.807, 2.05) is 41.2 Å². The van der Waals surface area contributed by atoms with Crippen molar-refractivity contribution in [2.24, 2.45) is 0 Å². The third kappa shape index (κ3) is 5.55. The van der Waals surface area contributed by atoms with Crippen LogP contribution in [0, 0.1) is 5.41 Å². The maximum absolute atomic E-state index is 12.1. The number of likely N-dealkylation sites (tertiary alicyclic amines) is 1. The molecule has 0 amide bonds. The highest BCUT2D eigenvalue weighted by molar-refractivity contribution is 5.90. The molecule has 2 heterocycles. The number of nitrogens with one attached hydrogen (secondary N) is 3. The van der Waals surface area contributed by atoms with Gasteiger partial charge in [0.15, 0.2) is 5.96 Å². The number of nitrogens with zero attached hydrogens (tertiary/aromatic N) is 3. The lowest BCUT2D eigenvalue weighted by atomic mass is 10.1. The van der Waals surface area contributed by atoms with Gasteiger partial charge in [-0.25, -0.2) is 0 Å². The van der Waals surface area contributed by atoms with Crippen molar-refractivity contribution < 1.29 is 9.53 Å². The van der Waals surface area contributed by atoms with Crippen molar-refractivity contribution in [2.45, 2.75) is 25.5 Å². The molecule has 3 rings (SSSR count). The van der Waals surface area contributed by atoms with Crippen molar-refractivity contribution >= 4 is 17.6 Å². The van der Waals surface area contributed by atoms with Crippen LogP contribution in [0.5, 0.6) is 0 Å². The summed E-state index contributed by atoms with van der Waals surface area (Å²) in [7, 11) is 1.69. The number of piperidine rings is 1. The van der Waals surface area contributed by atoms with Crippen LogP contribution in [0.4, 0.5) is 5.69 Å². The van der Waals surface area contributed by atoms with Gasteiger partial charge in [0.25, 0.3) is 0 Å². The van der Waals surface area contributed by atoms with E-state index in [1.165, 1.54) is 0 Å². The maximum Gasteiger partial charge on any atom is 0.320 e. The molecule has 0 radical (unpaired) electrons. The Labute approximate surface area is 159 Å². The van der Waals surface area contributed by atoms with E-state index >= 15 is 0 Å². The minimum Gasteiger partial charge on any atom is -0.460 e. The van der Waals surface area contributed by atoms with Crippen LogP contribution in [0.25, 0.3) is 0 Å². The fourth-order valence-corrected chi connectivity index (χ4v) is 3.12.